The maximum Gasteiger partial charge on any atom is 0.249 e. The molecule has 26 heavy (non-hydrogen) atoms. The molecule has 0 bridgehead atoms. The summed E-state index contributed by atoms with van der Waals surface area (Å²) in [5, 5.41) is 2.74. The first-order chi connectivity index (χ1) is 12.8. The van der Waals surface area contributed by atoms with E-state index in [0.717, 1.165) is 11.1 Å². The molecule has 0 saturated carbocycles. The fourth-order valence-electron chi connectivity index (χ4n) is 2.50. The molecule has 4 heteroatoms. The number of aromatic nitrogens is 1. The Kier molecular flexibility index (Phi) is 5.78. The van der Waals surface area contributed by atoms with Crippen molar-refractivity contribution >= 4 is 17.8 Å². The molecule has 0 fully saturated rings. The summed E-state index contributed by atoms with van der Waals surface area (Å²) >= 11 is 0. The van der Waals surface area contributed by atoms with Gasteiger partial charge < -0.3 is 10.1 Å². The maximum absolute atomic E-state index is 12.1. The van der Waals surface area contributed by atoms with E-state index in [9.17, 15) is 4.79 Å². The molecular weight excluding hydrogens is 324 g/mol. The Hall–Kier alpha value is -3.40. The largest absolute Gasteiger partial charge is 0.490 e. The van der Waals surface area contributed by atoms with Crippen molar-refractivity contribution in [1.29, 1.82) is 0 Å². The average molecular weight is 344 g/mol. The number of amides is 1. The van der Waals surface area contributed by atoms with Gasteiger partial charge in [-0.15, -0.1) is 0 Å². The SMILES string of the molecule is CCOc1cccnc1NC(=O)/C=C/c1ccc(-c2ccccc2)cc1. The summed E-state index contributed by atoms with van der Waals surface area (Å²) in [6, 6.07) is 21.8. The zero-order valence-corrected chi connectivity index (χ0v) is 14.6. The first kappa shape index (κ1) is 17.4. The third-order valence-corrected chi connectivity index (χ3v) is 3.76. The molecule has 1 heterocycles. The topological polar surface area (TPSA) is 51.2 Å². The Labute approximate surface area is 153 Å². The van der Waals surface area contributed by atoms with Gasteiger partial charge in [-0.25, -0.2) is 4.98 Å². The van der Waals surface area contributed by atoms with Crippen molar-refractivity contribution in [2.24, 2.45) is 0 Å². The Balaban J connectivity index is 1.65. The van der Waals surface area contributed by atoms with Crippen LogP contribution in [0.1, 0.15) is 12.5 Å². The van der Waals surface area contributed by atoms with Crippen molar-refractivity contribution in [2.45, 2.75) is 6.92 Å². The summed E-state index contributed by atoms with van der Waals surface area (Å²) in [5.74, 6) is 0.726. The highest BCUT2D eigenvalue weighted by Gasteiger charge is 2.06. The van der Waals surface area contributed by atoms with Gasteiger partial charge in [-0.05, 0) is 41.8 Å². The highest BCUT2D eigenvalue weighted by atomic mass is 16.5. The van der Waals surface area contributed by atoms with Crippen LogP contribution in [-0.2, 0) is 4.79 Å². The van der Waals surface area contributed by atoms with E-state index in [2.05, 4.69) is 22.4 Å². The van der Waals surface area contributed by atoms with E-state index in [1.807, 2.05) is 49.4 Å². The van der Waals surface area contributed by atoms with E-state index < -0.39 is 0 Å². The molecule has 0 radical (unpaired) electrons. The monoisotopic (exact) mass is 344 g/mol. The number of rotatable bonds is 6. The number of carbonyl (C=O) groups excluding carboxylic acids is 1. The predicted molar refractivity (Wildman–Crippen MR) is 105 cm³/mol. The quantitative estimate of drug-likeness (QED) is 0.654. The van der Waals surface area contributed by atoms with E-state index in [4.69, 9.17) is 4.74 Å². The predicted octanol–water partition coefficient (Wildman–Crippen LogP) is 4.80. The van der Waals surface area contributed by atoms with Crippen LogP contribution >= 0.6 is 0 Å². The molecule has 0 spiro atoms. The smallest absolute Gasteiger partial charge is 0.249 e. The molecule has 0 aliphatic rings. The highest BCUT2D eigenvalue weighted by molar-refractivity contribution is 6.02. The van der Waals surface area contributed by atoms with Crippen molar-refractivity contribution in [1.82, 2.24) is 4.98 Å². The maximum atomic E-state index is 12.1. The fraction of sp³-hybridized carbons (Fsp3) is 0.0909. The van der Waals surface area contributed by atoms with Gasteiger partial charge in [0, 0.05) is 12.3 Å². The lowest BCUT2D eigenvalue weighted by molar-refractivity contribution is -0.111. The van der Waals surface area contributed by atoms with Crippen LogP contribution in [0.25, 0.3) is 17.2 Å². The number of nitrogens with zero attached hydrogens (tertiary/aromatic N) is 1. The minimum atomic E-state index is -0.253. The van der Waals surface area contributed by atoms with Gasteiger partial charge in [0.2, 0.25) is 5.91 Å². The van der Waals surface area contributed by atoms with Crippen LogP contribution in [-0.4, -0.2) is 17.5 Å². The Morgan fingerprint density at radius 3 is 2.46 bits per heavy atom. The number of hydrogen-bond donors (Lipinski definition) is 1. The third kappa shape index (κ3) is 4.57. The van der Waals surface area contributed by atoms with Crippen molar-refractivity contribution in [2.75, 3.05) is 11.9 Å². The minimum absolute atomic E-state index is 0.253. The first-order valence-corrected chi connectivity index (χ1v) is 8.48. The van der Waals surface area contributed by atoms with Crippen molar-refractivity contribution in [3.63, 3.8) is 0 Å². The second-order valence-corrected chi connectivity index (χ2v) is 5.59. The lowest BCUT2D eigenvalue weighted by Gasteiger charge is -2.08. The zero-order valence-electron chi connectivity index (χ0n) is 14.6. The summed E-state index contributed by atoms with van der Waals surface area (Å²) in [7, 11) is 0. The van der Waals surface area contributed by atoms with Gasteiger partial charge in [0.05, 0.1) is 6.61 Å². The fourth-order valence-corrected chi connectivity index (χ4v) is 2.50. The standard InChI is InChI=1S/C22H20N2O2/c1-2-26-20-9-6-16-23-22(20)24-21(25)15-12-17-10-13-19(14-11-17)18-7-4-3-5-8-18/h3-16H,2H2,1H3,(H,23,24,25)/b15-12+. The van der Waals surface area contributed by atoms with E-state index in [0.29, 0.717) is 18.2 Å². The number of pyridine rings is 1. The second-order valence-electron chi connectivity index (χ2n) is 5.59. The van der Waals surface area contributed by atoms with E-state index in [1.54, 1.807) is 24.4 Å². The molecule has 0 atom stereocenters. The molecule has 1 aromatic heterocycles. The number of anilines is 1. The molecular formula is C22H20N2O2. The number of carbonyl (C=O) groups is 1. The molecule has 0 saturated heterocycles. The molecule has 2 aromatic carbocycles. The third-order valence-electron chi connectivity index (χ3n) is 3.76. The van der Waals surface area contributed by atoms with Crippen LogP contribution in [0.3, 0.4) is 0 Å². The minimum Gasteiger partial charge on any atom is -0.490 e. The Morgan fingerprint density at radius 2 is 1.73 bits per heavy atom. The Bertz CT molecular complexity index is 888. The summed E-state index contributed by atoms with van der Waals surface area (Å²) in [6.45, 7) is 2.40. The molecule has 4 nitrogen and oxygen atoms in total. The highest BCUT2D eigenvalue weighted by Crippen LogP contribution is 2.21. The summed E-state index contributed by atoms with van der Waals surface area (Å²) in [6.07, 6.45) is 4.87. The van der Waals surface area contributed by atoms with Gasteiger partial charge >= 0.3 is 0 Å². The molecule has 1 amide bonds. The number of benzene rings is 2. The van der Waals surface area contributed by atoms with Crippen LogP contribution in [0.4, 0.5) is 5.82 Å². The zero-order chi connectivity index (χ0) is 18.2. The van der Waals surface area contributed by atoms with E-state index >= 15 is 0 Å². The molecule has 0 aliphatic carbocycles. The lowest BCUT2D eigenvalue weighted by atomic mass is 10.0. The van der Waals surface area contributed by atoms with Gasteiger partial charge in [0.15, 0.2) is 11.6 Å². The number of hydrogen-bond acceptors (Lipinski definition) is 3. The first-order valence-electron chi connectivity index (χ1n) is 8.48. The van der Waals surface area contributed by atoms with E-state index in [-0.39, 0.29) is 5.91 Å². The summed E-state index contributed by atoms with van der Waals surface area (Å²) in [5.41, 5.74) is 3.26. The summed E-state index contributed by atoms with van der Waals surface area (Å²) in [4.78, 5) is 16.3. The van der Waals surface area contributed by atoms with Gasteiger partial charge in [-0.1, -0.05) is 54.6 Å². The molecule has 3 rings (SSSR count). The van der Waals surface area contributed by atoms with Crippen LogP contribution < -0.4 is 10.1 Å². The van der Waals surface area contributed by atoms with Gasteiger partial charge in [-0.3, -0.25) is 4.79 Å². The van der Waals surface area contributed by atoms with Crippen molar-refractivity contribution in [3.8, 4) is 16.9 Å². The van der Waals surface area contributed by atoms with Gasteiger partial charge in [-0.2, -0.15) is 0 Å². The number of nitrogens with one attached hydrogen (secondary N) is 1. The lowest BCUT2D eigenvalue weighted by Crippen LogP contribution is -2.10. The van der Waals surface area contributed by atoms with Crippen LogP contribution in [0.5, 0.6) is 5.75 Å². The average Bonchev–Trinajstić information content (AvgIpc) is 2.69. The molecule has 130 valence electrons. The normalized spacial score (nSPS) is 10.7. The summed E-state index contributed by atoms with van der Waals surface area (Å²) < 4.78 is 5.45. The van der Waals surface area contributed by atoms with Gasteiger partial charge in [0.25, 0.3) is 0 Å². The van der Waals surface area contributed by atoms with Crippen molar-refractivity contribution in [3.05, 3.63) is 84.6 Å². The van der Waals surface area contributed by atoms with E-state index in [1.165, 1.54) is 11.6 Å². The second kappa shape index (κ2) is 8.62. The van der Waals surface area contributed by atoms with Gasteiger partial charge in [0.1, 0.15) is 0 Å². The number of ether oxygens (including phenoxy) is 1. The van der Waals surface area contributed by atoms with Crippen molar-refractivity contribution < 1.29 is 9.53 Å². The van der Waals surface area contributed by atoms with Crippen LogP contribution in [0.2, 0.25) is 0 Å². The van der Waals surface area contributed by atoms with Crippen LogP contribution in [0.15, 0.2) is 79.0 Å². The molecule has 0 aliphatic heterocycles. The Morgan fingerprint density at radius 1 is 1.00 bits per heavy atom. The van der Waals surface area contributed by atoms with Crippen LogP contribution in [0, 0.1) is 0 Å². The molecule has 0 unspecified atom stereocenters. The molecule has 1 N–H and O–H groups in total. The molecule has 3 aromatic rings.